The molecular weight excluding hydrogens is 606 g/mol. The van der Waals surface area contributed by atoms with E-state index in [1.54, 1.807) is 65.8 Å². The van der Waals surface area contributed by atoms with Gasteiger partial charge in [0, 0.05) is 43.0 Å². The number of aliphatic hydroxyl groups is 1. The normalized spacial score (nSPS) is 16.0. The van der Waals surface area contributed by atoms with Gasteiger partial charge < -0.3 is 29.7 Å². The first-order valence-corrected chi connectivity index (χ1v) is 15.2. The van der Waals surface area contributed by atoms with Crippen molar-refractivity contribution in [2.24, 2.45) is 0 Å². The Hall–Kier alpha value is -5.04. The van der Waals surface area contributed by atoms with Crippen LogP contribution >= 0.6 is 0 Å². The summed E-state index contributed by atoms with van der Waals surface area (Å²) in [6, 6.07) is 12.0. The van der Waals surface area contributed by atoms with Gasteiger partial charge in [-0.05, 0) is 90.3 Å². The van der Waals surface area contributed by atoms with Crippen LogP contribution in [0.3, 0.4) is 0 Å². The number of fused-ring (bicyclic) bond motifs is 1. The molecule has 2 heterocycles. The second kappa shape index (κ2) is 13.4. The Morgan fingerprint density at radius 1 is 0.936 bits per heavy atom. The van der Waals surface area contributed by atoms with Crippen molar-refractivity contribution in [3.63, 3.8) is 0 Å². The van der Waals surface area contributed by atoms with Crippen molar-refractivity contribution in [1.29, 1.82) is 0 Å². The van der Waals surface area contributed by atoms with E-state index in [0.717, 1.165) is 5.56 Å². The summed E-state index contributed by atoms with van der Waals surface area (Å²) in [4.78, 5) is 73.5. The zero-order valence-electron chi connectivity index (χ0n) is 27.9. The van der Waals surface area contributed by atoms with Crippen LogP contribution < -0.4 is 15.1 Å². The number of aromatic nitrogens is 1. The molecule has 1 saturated heterocycles. The summed E-state index contributed by atoms with van der Waals surface area (Å²) in [5.41, 5.74) is -0.00962. The number of amides is 5. The molecule has 2 atom stereocenters. The second-order valence-corrected chi connectivity index (χ2v) is 13.3. The fourth-order valence-corrected chi connectivity index (χ4v) is 5.03. The summed E-state index contributed by atoms with van der Waals surface area (Å²) in [5.74, 6) is -2.00. The Balaban J connectivity index is 1.62. The van der Waals surface area contributed by atoms with E-state index in [0.29, 0.717) is 21.4 Å². The minimum absolute atomic E-state index is 0.0509. The minimum atomic E-state index is -1.89. The summed E-state index contributed by atoms with van der Waals surface area (Å²) in [6.45, 7) is 13.5. The predicted molar refractivity (Wildman–Crippen MR) is 176 cm³/mol. The lowest BCUT2D eigenvalue weighted by atomic mass is 10.0. The lowest BCUT2D eigenvalue weighted by molar-refractivity contribution is -0.148. The molecule has 1 fully saturated rings. The Morgan fingerprint density at radius 3 is 2.09 bits per heavy atom. The summed E-state index contributed by atoms with van der Waals surface area (Å²) >= 11 is 0. The third-order valence-corrected chi connectivity index (χ3v) is 7.11. The smallest absolute Gasteiger partial charge is 0.425 e. The SMILES string of the molecule is CC(=O)N1CCN(c2ccc(C)cc2)C(=O)C1C(O)C(=O)Nc1ccc2c(N(C(=O)OC(C)(C)C)C(=O)OC(C)(C)C)nccc2c1. The molecular formula is C34H41N5O8. The van der Waals surface area contributed by atoms with Crippen LogP contribution in [0, 0.1) is 6.92 Å². The van der Waals surface area contributed by atoms with Gasteiger partial charge in [-0.1, -0.05) is 17.7 Å². The molecule has 5 amide bonds. The van der Waals surface area contributed by atoms with Crippen LogP contribution in [0.4, 0.5) is 26.8 Å². The molecule has 1 aliphatic rings. The van der Waals surface area contributed by atoms with Crippen LogP contribution in [0.1, 0.15) is 54.0 Å². The van der Waals surface area contributed by atoms with Gasteiger partial charge in [-0.2, -0.15) is 4.90 Å². The highest BCUT2D eigenvalue weighted by atomic mass is 16.6. The molecule has 13 nitrogen and oxygen atoms in total. The monoisotopic (exact) mass is 647 g/mol. The average Bonchev–Trinajstić information content (AvgIpc) is 2.95. The maximum absolute atomic E-state index is 13.6. The molecule has 2 unspecified atom stereocenters. The van der Waals surface area contributed by atoms with Crippen molar-refractivity contribution in [3.8, 4) is 0 Å². The first-order valence-electron chi connectivity index (χ1n) is 15.2. The maximum Gasteiger partial charge on any atom is 0.425 e. The van der Waals surface area contributed by atoms with E-state index in [1.165, 1.54) is 35.1 Å². The van der Waals surface area contributed by atoms with Crippen LogP contribution in [-0.4, -0.2) is 81.3 Å². The Labute approximate surface area is 273 Å². The molecule has 250 valence electrons. The molecule has 47 heavy (non-hydrogen) atoms. The third-order valence-electron chi connectivity index (χ3n) is 7.11. The summed E-state index contributed by atoms with van der Waals surface area (Å²) in [6.07, 6.45) is -2.48. The Bertz CT molecular complexity index is 1670. The lowest BCUT2D eigenvalue weighted by Crippen LogP contribution is -2.64. The number of rotatable bonds is 5. The molecule has 2 N–H and O–H groups in total. The van der Waals surface area contributed by atoms with E-state index < -0.39 is 53.3 Å². The largest absolute Gasteiger partial charge is 0.443 e. The molecule has 2 aromatic carbocycles. The van der Waals surface area contributed by atoms with Crippen molar-refractivity contribution in [2.45, 2.75) is 78.7 Å². The van der Waals surface area contributed by atoms with E-state index in [9.17, 15) is 29.1 Å². The van der Waals surface area contributed by atoms with Gasteiger partial charge in [-0.25, -0.2) is 14.6 Å². The molecule has 1 aromatic heterocycles. The van der Waals surface area contributed by atoms with Gasteiger partial charge in [0.05, 0.1) is 0 Å². The number of carbonyl (C=O) groups is 5. The number of carbonyl (C=O) groups excluding carboxylic acids is 5. The van der Waals surface area contributed by atoms with Crippen molar-refractivity contribution >= 4 is 57.9 Å². The summed E-state index contributed by atoms with van der Waals surface area (Å²) in [7, 11) is 0. The number of benzene rings is 2. The minimum Gasteiger partial charge on any atom is -0.443 e. The molecule has 0 bridgehead atoms. The number of piperazine rings is 1. The molecule has 0 aliphatic carbocycles. The van der Waals surface area contributed by atoms with E-state index in [2.05, 4.69) is 10.3 Å². The number of imide groups is 1. The predicted octanol–water partition coefficient (Wildman–Crippen LogP) is 4.78. The van der Waals surface area contributed by atoms with Crippen LogP contribution in [0.5, 0.6) is 0 Å². The van der Waals surface area contributed by atoms with Crippen LogP contribution in [0.25, 0.3) is 10.8 Å². The zero-order valence-corrected chi connectivity index (χ0v) is 27.9. The number of ether oxygens (including phenoxy) is 2. The molecule has 1 aliphatic heterocycles. The highest BCUT2D eigenvalue weighted by Gasteiger charge is 2.44. The molecule has 0 saturated carbocycles. The van der Waals surface area contributed by atoms with Crippen molar-refractivity contribution in [3.05, 3.63) is 60.3 Å². The number of nitrogens with zero attached hydrogens (tertiary/aromatic N) is 4. The first kappa shape index (κ1) is 34.8. The lowest BCUT2D eigenvalue weighted by Gasteiger charge is -2.41. The van der Waals surface area contributed by atoms with Crippen LogP contribution in [0.15, 0.2) is 54.7 Å². The topological polar surface area (TPSA) is 159 Å². The van der Waals surface area contributed by atoms with Crippen molar-refractivity contribution in [1.82, 2.24) is 9.88 Å². The van der Waals surface area contributed by atoms with Gasteiger partial charge in [0.1, 0.15) is 17.2 Å². The van der Waals surface area contributed by atoms with E-state index in [4.69, 9.17) is 9.47 Å². The molecule has 4 rings (SSSR count). The average molecular weight is 648 g/mol. The maximum atomic E-state index is 13.6. The zero-order chi connectivity index (χ0) is 34.8. The van der Waals surface area contributed by atoms with Gasteiger partial charge in [-0.3, -0.25) is 14.4 Å². The summed E-state index contributed by atoms with van der Waals surface area (Å²) < 4.78 is 11.0. The number of hydrogen-bond acceptors (Lipinski definition) is 9. The number of aryl methyl sites for hydroxylation is 1. The first-order chi connectivity index (χ1) is 21.9. The van der Waals surface area contributed by atoms with E-state index in [-0.39, 0.29) is 24.6 Å². The molecule has 13 heteroatoms. The van der Waals surface area contributed by atoms with Crippen LogP contribution in [-0.2, 0) is 23.9 Å². The van der Waals surface area contributed by atoms with Gasteiger partial charge in [0.15, 0.2) is 11.9 Å². The van der Waals surface area contributed by atoms with E-state index in [1.807, 2.05) is 19.1 Å². The Kier molecular flexibility index (Phi) is 9.90. The second-order valence-electron chi connectivity index (χ2n) is 13.3. The van der Waals surface area contributed by atoms with Gasteiger partial charge in [-0.15, -0.1) is 0 Å². The van der Waals surface area contributed by atoms with Gasteiger partial charge in [0.2, 0.25) is 5.91 Å². The number of pyridine rings is 1. The fourth-order valence-electron chi connectivity index (χ4n) is 5.03. The molecule has 0 spiro atoms. The quantitative estimate of drug-likeness (QED) is 0.397. The third kappa shape index (κ3) is 8.22. The highest BCUT2D eigenvalue weighted by Crippen LogP contribution is 2.30. The van der Waals surface area contributed by atoms with Crippen molar-refractivity contribution in [2.75, 3.05) is 28.2 Å². The standard InChI is InChI=1S/C34H41N5O8/c1-20-9-12-24(13-10-20)38-18-17-37(21(2)40)26(30(38)43)27(41)29(42)36-23-11-14-25-22(19-23)15-16-35-28(25)39(31(44)46-33(3,4)5)32(45)47-34(6,7)8/h9-16,19,26-27,41H,17-18H2,1-8H3,(H,36,42). The Morgan fingerprint density at radius 2 is 1.53 bits per heavy atom. The number of anilines is 3. The molecule has 0 radical (unpaired) electrons. The van der Waals surface area contributed by atoms with Crippen LogP contribution in [0.2, 0.25) is 0 Å². The number of aliphatic hydroxyl groups excluding tert-OH is 1. The van der Waals surface area contributed by atoms with Crippen molar-refractivity contribution < 1.29 is 38.6 Å². The summed E-state index contributed by atoms with van der Waals surface area (Å²) in [5, 5.41) is 14.6. The van der Waals surface area contributed by atoms with Gasteiger partial charge >= 0.3 is 12.2 Å². The van der Waals surface area contributed by atoms with E-state index >= 15 is 0 Å². The number of hydrogen-bond donors (Lipinski definition) is 2. The fraction of sp³-hybridized carbons (Fsp3) is 0.412. The molecule has 3 aromatic rings. The number of nitrogens with one attached hydrogen (secondary N) is 1. The van der Waals surface area contributed by atoms with Gasteiger partial charge in [0.25, 0.3) is 11.8 Å². The highest BCUT2D eigenvalue weighted by molar-refractivity contribution is 6.14.